The van der Waals surface area contributed by atoms with Crippen molar-refractivity contribution in [1.29, 1.82) is 0 Å². The quantitative estimate of drug-likeness (QED) is 0.0122. The van der Waals surface area contributed by atoms with Crippen LogP contribution in [0.25, 0.3) is 0 Å². The Kier molecular flexibility index (Phi) is 43.9. The lowest BCUT2D eigenvalue weighted by Crippen LogP contribution is -2.65. The Bertz CT molecular complexity index is 4340. The van der Waals surface area contributed by atoms with Gasteiger partial charge in [-0.25, -0.2) is 0 Å². The number of unbranched alkanes of at least 4 members (excludes halogenated alkanes) is 1. The number of rotatable bonds is 51. The van der Waals surface area contributed by atoms with E-state index >= 15 is 0 Å². The van der Waals surface area contributed by atoms with Crippen LogP contribution < -0.4 is 106 Å². The lowest BCUT2D eigenvalue weighted by Gasteiger charge is -2.32. The van der Waals surface area contributed by atoms with Crippen LogP contribution in [0.15, 0.2) is 29.5 Å². The van der Waals surface area contributed by atoms with Gasteiger partial charge in [-0.05, 0) is 210 Å². The number of carbonyl (C=O) groups is 22. The van der Waals surface area contributed by atoms with E-state index in [1.807, 2.05) is 21.6 Å². The zero-order valence-electron chi connectivity index (χ0n) is 79.2. The molecule has 0 aromatic carbocycles. The Morgan fingerprint density at radius 1 is 0.346 bits per heavy atom. The molecule has 1 aliphatic heterocycles. The van der Waals surface area contributed by atoms with E-state index in [4.69, 9.17) is 9.47 Å². The first-order chi connectivity index (χ1) is 59.7. The molecule has 130 heavy (non-hydrogen) atoms. The zero-order valence-corrected chi connectivity index (χ0v) is 80.8. The molecule has 44 nitrogen and oxygen atoms in total. The van der Waals surface area contributed by atoms with Crippen molar-refractivity contribution in [3.05, 3.63) is 29.5 Å². The minimum absolute atomic E-state index is 0.0209. The summed E-state index contributed by atoms with van der Waals surface area (Å²) in [6.45, 7) is 31.3. The number of amides is 20. The first-order valence-electron chi connectivity index (χ1n) is 42.4. The van der Waals surface area contributed by atoms with E-state index in [0.717, 1.165) is 39.2 Å². The van der Waals surface area contributed by atoms with E-state index in [9.17, 15) is 105 Å². The summed E-state index contributed by atoms with van der Waals surface area (Å²) in [5, 5.41) is 50.4. The second kappa shape index (κ2) is 49.9. The average Bonchev–Trinajstić information content (AvgIpc) is 0.943. The molecule has 0 saturated carbocycles. The lowest BCUT2D eigenvalue weighted by atomic mass is 10.00. The van der Waals surface area contributed by atoms with Crippen LogP contribution in [0.2, 0.25) is 0 Å². The molecule has 46 heteroatoms. The SMILES string of the molecule is COC(=O)CC[C@H](NC(=O)C(C)(C)NC(=O)[C@H](C)NC(=O)C(C)(C)NC(=O)[C@H](C)NC(=O)CCCCC1CCSS1)C(=O)N[C@@H](C)C(=O)NC(C)(C)C(=O)N[C@@H](C)C(=O)NC(C)(C)C(=O)N[C@@H](C)C(=O)NC(C)(C)C(=O)N[C@@H](C)C(=O)NC(C)(C)C(=O)N[C@@H](CCC(=O)OC)C(=O)N[C@@H](C)C(=O)NC(C)(C)C(=O)N[C@@H](C)C(=O)NC(C)(C)C(=O)NCCNC(=O)C1=C=CC=C1. The molecule has 728 valence electrons. The highest BCUT2D eigenvalue weighted by Gasteiger charge is 2.44. The summed E-state index contributed by atoms with van der Waals surface area (Å²) in [5.41, 5.74) is -10.9. The monoisotopic (exact) mass is 1870 g/mol. The van der Waals surface area contributed by atoms with Gasteiger partial charge in [-0.3, -0.25) is 105 Å². The highest BCUT2D eigenvalue weighted by molar-refractivity contribution is 8.77. The summed E-state index contributed by atoms with van der Waals surface area (Å²) in [6.07, 6.45) is 7.04. The van der Waals surface area contributed by atoms with Gasteiger partial charge in [0.1, 0.15) is 105 Å². The summed E-state index contributed by atoms with van der Waals surface area (Å²) in [4.78, 5) is 294. The van der Waals surface area contributed by atoms with Crippen molar-refractivity contribution >= 4 is 152 Å². The molecule has 0 spiro atoms. The molecule has 1 saturated heterocycles. The standard InChI is InChI=1S/C84H136N20O24S2/c1-43(87-55(105)34-30-29-33-52-39-42-129-130-52)58(108)98-78(11,12)70(120)93-49(7)64(114)103-83(21,22)75(125)95-54(36-38-57(107)128-26)68(118)89-45(3)60(110)100-80(15,16)72(122)91-47(5)62(112)101-81(17,18)73(123)92-48(6)63(113)102-82(19,20)74(124)94-50(8)65(115)104-84(23,24)76(126)96-53(35-37-56(106)127-25)67(117)88-44(2)59(109)99-79(13,14)71(121)90-46(4)61(111)97-77(9,10)69(119)86-41-40-85-66(116)51-31-27-28-32-51/h27-28,31,43-50,52-54H,29-30,33-42H2,1-26H3,(H,85,116)(H,86,119)(H,87,105)(H,88,117)(H,89,118)(H,90,121)(H,91,122)(H,92,123)(H,93,120)(H,94,124)(H,95,125)(H,96,126)(H,97,111)(H,98,108)(H,99,109)(H,100,110)(H,101,112)(H,102,113)(H,103,114)(H,104,115)/t43-,44-,45-,46-,47-,48-,49-,50-,52?,53-,54-/m0/s1. The predicted octanol–water partition coefficient (Wildman–Crippen LogP) is -3.34. The molecule has 2 aliphatic rings. The van der Waals surface area contributed by atoms with Crippen LogP contribution >= 0.6 is 21.6 Å². The Morgan fingerprint density at radius 3 is 0.885 bits per heavy atom. The Balaban J connectivity index is 2.01. The van der Waals surface area contributed by atoms with Crippen molar-refractivity contribution < 1.29 is 115 Å². The molecule has 1 unspecified atom stereocenters. The minimum atomic E-state index is -1.88. The molecule has 0 bridgehead atoms. The van der Waals surface area contributed by atoms with Crippen molar-refractivity contribution in [2.75, 3.05) is 33.1 Å². The smallest absolute Gasteiger partial charge is 0.305 e. The number of hydrogen-bond donors (Lipinski definition) is 20. The topological polar surface area (TPSA) is 635 Å². The van der Waals surface area contributed by atoms with Crippen LogP contribution in [0.4, 0.5) is 0 Å². The van der Waals surface area contributed by atoms with Gasteiger partial charge >= 0.3 is 11.9 Å². The van der Waals surface area contributed by atoms with Gasteiger partial charge in [-0.15, -0.1) is 5.73 Å². The molecule has 0 aromatic rings. The molecule has 1 heterocycles. The molecular weight excluding hydrogens is 1740 g/mol. The third-order valence-electron chi connectivity index (χ3n) is 20.4. The van der Waals surface area contributed by atoms with Gasteiger partial charge in [0.2, 0.25) is 112 Å². The predicted molar refractivity (Wildman–Crippen MR) is 479 cm³/mol. The molecule has 1 fully saturated rings. The Morgan fingerprint density at radius 2 is 0.615 bits per heavy atom. The van der Waals surface area contributed by atoms with E-state index in [-0.39, 0.29) is 31.8 Å². The first kappa shape index (κ1) is 114. The maximum atomic E-state index is 13.9. The van der Waals surface area contributed by atoms with Crippen LogP contribution in [0.5, 0.6) is 0 Å². The summed E-state index contributed by atoms with van der Waals surface area (Å²) in [5.74, 6) is -17.2. The van der Waals surface area contributed by atoms with Gasteiger partial charge in [0.25, 0.3) is 5.91 Å². The molecular formula is C84H136N20O24S2. The van der Waals surface area contributed by atoms with Gasteiger partial charge in [0.15, 0.2) is 0 Å². The number of ether oxygens (including phenoxy) is 2. The van der Waals surface area contributed by atoms with E-state index in [1.54, 1.807) is 18.2 Å². The molecule has 1 aliphatic carbocycles. The van der Waals surface area contributed by atoms with Crippen LogP contribution in [0.1, 0.15) is 224 Å². The minimum Gasteiger partial charge on any atom is -0.469 e. The van der Waals surface area contributed by atoms with Gasteiger partial charge in [-0.2, -0.15) is 0 Å². The number of esters is 2. The van der Waals surface area contributed by atoms with Gasteiger partial charge < -0.3 is 116 Å². The van der Waals surface area contributed by atoms with Crippen molar-refractivity contribution in [3.8, 4) is 0 Å². The van der Waals surface area contributed by atoms with Crippen LogP contribution in [-0.4, -0.2) is 273 Å². The van der Waals surface area contributed by atoms with Crippen molar-refractivity contribution in [3.63, 3.8) is 0 Å². The molecule has 20 amide bonds. The summed E-state index contributed by atoms with van der Waals surface area (Å²) >= 11 is 0. The van der Waals surface area contributed by atoms with Crippen LogP contribution in [-0.2, 0) is 115 Å². The van der Waals surface area contributed by atoms with E-state index in [2.05, 4.69) is 112 Å². The number of hydrogen-bond acceptors (Lipinski definition) is 26. The van der Waals surface area contributed by atoms with Crippen molar-refractivity contribution in [2.24, 2.45) is 0 Å². The van der Waals surface area contributed by atoms with Gasteiger partial charge in [0, 0.05) is 43.4 Å². The second-order valence-corrected chi connectivity index (χ2v) is 38.9. The Hall–Kier alpha value is -11.7. The second-order valence-electron chi connectivity index (χ2n) is 36.1. The number of nitrogens with one attached hydrogen (secondary N) is 20. The first-order valence-corrected chi connectivity index (χ1v) is 44.8. The van der Waals surface area contributed by atoms with E-state index in [1.165, 1.54) is 166 Å². The lowest BCUT2D eigenvalue weighted by molar-refractivity contribution is -0.142. The van der Waals surface area contributed by atoms with Crippen molar-refractivity contribution in [1.82, 2.24) is 106 Å². The summed E-state index contributed by atoms with van der Waals surface area (Å²) in [6, 6.07) is -13.8. The number of carbonyl (C=O) groups excluding carboxylic acids is 22. The van der Waals surface area contributed by atoms with Gasteiger partial charge in [-0.1, -0.05) is 34.1 Å². The number of allylic oxidation sites excluding steroid dienone is 1. The summed E-state index contributed by atoms with van der Waals surface area (Å²) < 4.78 is 9.44. The molecule has 2 rings (SSSR count). The fraction of sp³-hybridized carbons (Fsp3) is 0.679. The molecule has 20 N–H and O–H groups in total. The largest absolute Gasteiger partial charge is 0.469 e. The molecule has 0 radical (unpaired) electrons. The van der Waals surface area contributed by atoms with Crippen LogP contribution in [0, 0.1) is 0 Å². The zero-order chi connectivity index (χ0) is 99.9. The average molecular weight is 1870 g/mol. The maximum Gasteiger partial charge on any atom is 0.305 e. The van der Waals surface area contributed by atoms with Gasteiger partial charge in [0.05, 0.1) is 19.8 Å². The van der Waals surface area contributed by atoms with E-state index < -0.39 is 248 Å². The Labute approximate surface area is 765 Å². The fourth-order valence-electron chi connectivity index (χ4n) is 11.4. The highest BCUT2D eigenvalue weighted by atomic mass is 33.1. The van der Waals surface area contributed by atoms with Crippen molar-refractivity contribution in [2.45, 2.75) is 334 Å². The fourth-order valence-corrected chi connectivity index (χ4v) is 14.5. The third kappa shape index (κ3) is 37.8. The van der Waals surface area contributed by atoms with Crippen LogP contribution in [0.3, 0.4) is 0 Å². The molecule has 11 atom stereocenters. The highest BCUT2D eigenvalue weighted by Crippen LogP contribution is 2.40. The number of methoxy groups -OCH3 is 2. The maximum absolute atomic E-state index is 13.9. The molecule has 0 aromatic heterocycles. The third-order valence-corrected chi connectivity index (χ3v) is 23.4. The summed E-state index contributed by atoms with van der Waals surface area (Å²) in [7, 11) is 5.87. The normalized spacial score (nSPS) is 15.6. The van der Waals surface area contributed by atoms with E-state index in [0.29, 0.717) is 17.2 Å².